The highest BCUT2D eigenvalue weighted by molar-refractivity contribution is 5.85. The molecule has 8 heteroatoms. The van der Waals surface area contributed by atoms with E-state index in [0.717, 1.165) is 77.1 Å². The van der Waals surface area contributed by atoms with E-state index in [9.17, 15) is 4.79 Å². The number of fused-ring (bicyclic) bond motifs is 2. The van der Waals surface area contributed by atoms with E-state index in [0.29, 0.717) is 0 Å². The average Bonchev–Trinajstić information content (AvgIpc) is 3.33. The summed E-state index contributed by atoms with van der Waals surface area (Å²) >= 11 is 0. The van der Waals surface area contributed by atoms with Crippen LogP contribution in [0.15, 0.2) is 96.3 Å². The Kier molecular flexibility index (Phi) is 5.94. The summed E-state index contributed by atoms with van der Waals surface area (Å²) in [4.78, 5) is 36.4. The van der Waals surface area contributed by atoms with Crippen LogP contribution in [0.3, 0.4) is 0 Å². The fourth-order valence-electron chi connectivity index (χ4n) is 5.62. The molecule has 1 fully saturated rings. The second-order valence-electron chi connectivity index (χ2n) is 10.1. The highest BCUT2D eigenvalue weighted by Gasteiger charge is 2.23. The van der Waals surface area contributed by atoms with Gasteiger partial charge < -0.3 is 4.98 Å². The van der Waals surface area contributed by atoms with Crippen molar-refractivity contribution in [1.29, 1.82) is 0 Å². The first-order valence-electron chi connectivity index (χ1n) is 13.3. The Morgan fingerprint density at radius 1 is 0.769 bits per heavy atom. The van der Waals surface area contributed by atoms with E-state index in [1.54, 1.807) is 12.4 Å². The Morgan fingerprint density at radius 3 is 2.13 bits per heavy atom. The molecule has 0 radical (unpaired) electrons. The number of H-pyrrole nitrogens is 1. The van der Waals surface area contributed by atoms with Gasteiger partial charge in [0.05, 0.1) is 27.8 Å². The number of para-hydroxylation sites is 4. The molecule has 0 saturated carbocycles. The minimum absolute atomic E-state index is 0.0107. The van der Waals surface area contributed by atoms with Gasteiger partial charge >= 0.3 is 5.69 Å². The van der Waals surface area contributed by atoms with Crippen molar-refractivity contribution < 1.29 is 0 Å². The van der Waals surface area contributed by atoms with Crippen LogP contribution in [0.5, 0.6) is 0 Å². The maximum absolute atomic E-state index is 12.6. The predicted octanol–water partition coefficient (Wildman–Crippen LogP) is 5.23. The fraction of sp³-hybridized carbons (Fsp3) is 0.194. The highest BCUT2D eigenvalue weighted by atomic mass is 16.1. The van der Waals surface area contributed by atoms with Gasteiger partial charge in [-0.05, 0) is 42.7 Å². The average molecular weight is 514 g/mol. The van der Waals surface area contributed by atoms with Gasteiger partial charge in [0.25, 0.3) is 0 Å². The zero-order chi connectivity index (χ0) is 26.2. The van der Waals surface area contributed by atoms with Gasteiger partial charge in [0.15, 0.2) is 0 Å². The summed E-state index contributed by atoms with van der Waals surface area (Å²) in [6.07, 6.45) is 6.98. The third-order valence-electron chi connectivity index (χ3n) is 7.58. The van der Waals surface area contributed by atoms with Gasteiger partial charge in [0.2, 0.25) is 0 Å². The van der Waals surface area contributed by atoms with Crippen molar-refractivity contribution >= 4 is 22.1 Å². The first kappa shape index (κ1) is 23.4. The normalized spacial score (nSPS) is 14.8. The van der Waals surface area contributed by atoms with E-state index in [2.05, 4.69) is 44.1 Å². The minimum atomic E-state index is -0.0107. The van der Waals surface area contributed by atoms with Crippen molar-refractivity contribution in [2.45, 2.75) is 25.4 Å². The Morgan fingerprint density at radius 2 is 1.41 bits per heavy atom. The van der Waals surface area contributed by atoms with Crippen LogP contribution in [0.4, 0.5) is 0 Å². The predicted molar refractivity (Wildman–Crippen MR) is 152 cm³/mol. The third kappa shape index (κ3) is 4.49. The smallest absolute Gasteiger partial charge is 0.306 e. The molecule has 7 rings (SSSR count). The molecule has 0 spiro atoms. The topological polar surface area (TPSA) is 92.6 Å². The number of aromatic amines is 1. The summed E-state index contributed by atoms with van der Waals surface area (Å²) in [5, 5.41) is 0. The summed E-state index contributed by atoms with van der Waals surface area (Å²) in [5.41, 5.74) is 8.28. The summed E-state index contributed by atoms with van der Waals surface area (Å²) in [7, 11) is 0. The molecule has 0 unspecified atom stereocenters. The molecule has 3 aromatic carbocycles. The first-order chi connectivity index (χ1) is 19.2. The largest absolute Gasteiger partial charge is 0.326 e. The summed E-state index contributed by atoms with van der Waals surface area (Å²) in [5.74, 6) is 0. The highest BCUT2D eigenvalue weighted by Crippen LogP contribution is 2.31. The number of piperidine rings is 1. The van der Waals surface area contributed by atoms with Crippen LogP contribution >= 0.6 is 0 Å². The molecular formula is C31H27N7O. The zero-order valence-electron chi connectivity index (χ0n) is 21.4. The molecule has 1 N–H and O–H groups in total. The number of imidazole rings is 1. The minimum Gasteiger partial charge on any atom is -0.306 e. The van der Waals surface area contributed by atoms with Crippen LogP contribution < -0.4 is 5.69 Å². The lowest BCUT2D eigenvalue weighted by Crippen LogP contribution is -2.36. The number of nitrogens with zero attached hydrogens (tertiary/aromatic N) is 6. The van der Waals surface area contributed by atoms with Gasteiger partial charge in [0.1, 0.15) is 12.0 Å². The second-order valence-corrected chi connectivity index (χ2v) is 10.1. The molecule has 8 nitrogen and oxygen atoms in total. The molecule has 0 atom stereocenters. The van der Waals surface area contributed by atoms with E-state index in [-0.39, 0.29) is 11.7 Å². The Bertz CT molecular complexity index is 1820. The molecule has 4 heterocycles. The van der Waals surface area contributed by atoms with Crippen molar-refractivity contribution in [3.05, 3.63) is 108 Å². The van der Waals surface area contributed by atoms with Gasteiger partial charge in [-0.2, -0.15) is 0 Å². The number of hydrogen-bond acceptors (Lipinski definition) is 6. The third-order valence-corrected chi connectivity index (χ3v) is 7.58. The number of aromatic nitrogens is 6. The first-order valence-corrected chi connectivity index (χ1v) is 13.3. The van der Waals surface area contributed by atoms with E-state index >= 15 is 0 Å². The maximum Gasteiger partial charge on any atom is 0.326 e. The molecule has 3 aromatic heterocycles. The van der Waals surface area contributed by atoms with Crippen molar-refractivity contribution in [1.82, 2.24) is 34.4 Å². The Labute approximate surface area is 225 Å². The van der Waals surface area contributed by atoms with E-state index < -0.39 is 0 Å². The molecule has 0 bridgehead atoms. The number of nitrogens with one attached hydrogen (secondary N) is 1. The number of rotatable bonds is 5. The number of hydrogen-bond donors (Lipinski definition) is 1. The van der Waals surface area contributed by atoms with Crippen LogP contribution in [-0.4, -0.2) is 47.5 Å². The molecule has 39 heavy (non-hydrogen) atoms. The van der Waals surface area contributed by atoms with Crippen LogP contribution in [0, 0.1) is 0 Å². The molecule has 6 aromatic rings. The van der Waals surface area contributed by atoms with E-state index in [1.807, 2.05) is 53.1 Å². The molecule has 1 aliphatic heterocycles. The lowest BCUT2D eigenvalue weighted by molar-refractivity contribution is 0.180. The zero-order valence-corrected chi connectivity index (χ0v) is 21.4. The van der Waals surface area contributed by atoms with Crippen LogP contribution in [0.2, 0.25) is 0 Å². The fourth-order valence-corrected chi connectivity index (χ4v) is 5.62. The van der Waals surface area contributed by atoms with Crippen molar-refractivity contribution in [2.24, 2.45) is 0 Å². The number of benzene rings is 3. The Balaban J connectivity index is 1.10. The quantitative estimate of drug-likeness (QED) is 0.339. The lowest BCUT2D eigenvalue weighted by atomic mass is 10.0. The summed E-state index contributed by atoms with van der Waals surface area (Å²) in [6.45, 7) is 2.78. The summed E-state index contributed by atoms with van der Waals surface area (Å²) < 4.78 is 1.95. The van der Waals surface area contributed by atoms with Crippen molar-refractivity contribution in [2.75, 3.05) is 13.1 Å². The van der Waals surface area contributed by atoms with Gasteiger partial charge in [-0.25, -0.2) is 24.7 Å². The summed E-state index contributed by atoms with van der Waals surface area (Å²) in [6, 6.07) is 24.7. The molecule has 1 saturated heterocycles. The molecule has 1 aliphatic rings. The molecule has 192 valence electrons. The van der Waals surface area contributed by atoms with E-state index in [4.69, 9.17) is 9.97 Å². The van der Waals surface area contributed by atoms with Crippen molar-refractivity contribution in [3.8, 4) is 22.5 Å². The maximum atomic E-state index is 12.6. The van der Waals surface area contributed by atoms with Gasteiger partial charge in [-0.15, -0.1) is 0 Å². The second kappa shape index (κ2) is 9.89. The van der Waals surface area contributed by atoms with Crippen LogP contribution in [0.1, 0.15) is 24.4 Å². The lowest BCUT2D eigenvalue weighted by Gasteiger charge is -2.32. The monoisotopic (exact) mass is 513 g/mol. The Hall–Kier alpha value is -4.69. The SMILES string of the molecule is O=c1[nH]c2ccccc2n1C1CCN(Cc2ccc(-c3nc4ccccc4nc3-c3cncnc3)cc2)CC1. The van der Waals surface area contributed by atoms with Gasteiger partial charge in [0, 0.05) is 49.2 Å². The number of likely N-dealkylation sites (tertiary alicyclic amines) is 1. The molecule has 0 amide bonds. The van der Waals surface area contributed by atoms with Gasteiger partial charge in [-0.1, -0.05) is 48.5 Å². The molecule has 0 aliphatic carbocycles. The van der Waals surface area contributed by atoms with Gasteiger partial charge in [-0.3, -0.25) is 9.47 Å². The molecular weight excluding hydrogens is 486 g/mol. The van der Waals surface area contributed by atoms with Crippen molar-refractivity contribution in [3.63, 3.8) is 0 Å². The standard InChI is InChI=1S/C31H27N7O/c39-31-36-27-7-3-4-8-28(27)38(31)24-13-15-37(16-14-24)19-21-9-11-22(12-10-21)29-30(23-17-32-20-33-18-23)35-26-6-2-1-5-25(26)34-29/h1-12,17-18,20,24H,13-16,19H2,(H,36,39). The van der Waals surface area contributed by atoms with Crippen LogP contribution in [0.25, 0.3) is 44.6 Å². The van der Waals surface area contributed by atoms with E-state index in [1.165, 1.54) is 11.9 Å². The van der Waals surface area contributed by atoms with Crippen LogP contribution in [-0.2, 0) is 6.54 Å².